The Kier molecular flexibility index (Phi) is 5.32. The van der Waals surface area contributed by atoms with Gasteiger partial charge in [0.1, 0.15) is 0 Å². The predicted molar refractivity (Wildman–Crippen MR) is 95.0 cm³/mol. The van der Waals surface area contributed by atoms with E-state index in [-0.39, 0.29) is 5.41 Å². The van der Waals surface area contributed by atoms with E-state index in [9.17, 15) is 0 Å². The first kappa shape index (κ1) is 17.5. The van der Waals surface area contributed by atoms with Crippen LogP contribution in [-0.4, -0.2) is 39.2 Å². The third-order valence-corrected chi connectivity index (χ3v) is 5.52. The zero-order valence-corrected chi connectivity index (χ0v) is 15.8. The number of thiazole rings is 1. The lowest BCUT2D eigenvalue weighted by Gasteiger charge is -2.32. The van der Waals surface area contributed by atoms with Gasteiger partial charge in [-0.15, -0.1) is 11.3 Å². The van der Waals surface area contributed by atoms with Crippen molar-refractivity contribution in [3.8, 4) is 0 Å². The van der Waals surface area contributed by atoms with Gasteiger partial charge < -0.3 is 9.84 Å². The van der Waals surface area contributed by atoms with Gasteiger partial charge in [-0.1, -0.05) is 25.9 Å². The van der Waals surface area contributed by atoms with Crippen LogP contribution in [-0.2, 0) is 18.5 Å². The topological polar surface area (TPSA) is 67.1 Å². The molecule has 0 aliphatic carbocycles. The molecular weight excluding hydrogens is 322 g/mol. The molecule has 6 nitrogen and oxygen atoms in total. The molecule has 3 rings (SSSR count). The molecule has 1 fully saturated rings. The van der Waals surface area contributed by atoms with Gasteiger partial charge in [-0.3, -0.25) is 4.90 Å². The van der Waals surface area contributed by atoms with Crippen LogP contribution < -0.4 is 5.32 Å². The van der Waals surface area contributed by atoms with Crippen LogP contribution in [0, 0.1) is 6.92 Å². The minimum atomic E-state index is 0.132. The van der Waals surface area contributed by atoms with Crippen molar-refractivity contribution in [2.45, 2.75) is 65.1 Å². The Bertz CT molecular complexity index is 660. The fourth-order valence-corrected chi connectivity index (χ4v) is 3.86. The van der Waals surface area contributed by atoms with Gasteiger partial charge in [-0.25, -0.2) is 4.98 Å². The standard InChI is InChI=1S/C17H27N5OS/c1-12-19-15(21-23-12)10-22-7-5-6-13(9-22)18-8-14-11-24-16(20-14)17(2,3)4/h11,13,18H,5-10H2,1-4H3/t13-/m0/s1. The van der Waals surface area contributed by atoms with Crippen LogP contribution in [0.1, 0.15) is 56.0 Å². The Morgan fingerprint density at radius 1 is 1.38 bits per heavy atom. The van der Waals surface area contributed by atoms with E-state index in [4.69, 9.17) is 9.51 Å². The minimum absolute atomic E-state index is 0.132. The lowest BCUT2D eigenvalue weighted by molar-refractivity contribution is 0.177. The second-order valence-corrected chi connectivity index (χ2v) is 8.44. The Morgan fingerprint density at radius 3 is 2.88 bits per heavy atom. The maximum absolute atomic E-state index is 5.06. The number of aromatic nitrogens is 3. The van der Waals surface area contributed by atoms with E-state index < -0.39 is 0 Å². The van der Waals surface area contributed by atoms with Gasteiger partial charge in [-0.05, 0) is 19.4 Å². The SMILES string of the molecule is Cc1nc(CN2CCC[C@H](NCc3csc(C(C)(C)C)n3)C2)no1. The molecule has 0 spiro atoms. The summed E-state index contributed by atoms with van der Waals surface area (Å²) in [6.45, 7) is 12.2. The highest BCUT2D eigenvalue weighted by molar-refractivity contribution is 7.09. The van der Waals surface area contributed by atoms with E-state index in [1.54, 1.807) is 11.3 Å². The molecule has 132 valence electrons. The van der Waals surface area contributed by atoms with Gasteiger partial charge in [0, 0.05) is 36.9 Å². The van der Waals surface area contributed by atoms with Crippen molar-refractivity contribution in [2.75, 3.05) is 13.1 Å². The normalized spacial score (nSPS) is 19.8. The number of nitrogens with zero attached hydrogens (tertiary/aromatic N) is 4. The molecule has 3 heterocycles. The predicted octanol–water partition coefficient (Wildman–Crippen LogP) is 2.89. The Balaban J connectivity index is 1.49. The molecule has 2 aromatic rings. The smallest absolute Gasteiger partial charge is 0.223 e. The van der Waals surface area contributed by atoms with E-state index in [0.717, 1.165) is 37.7 Å². The van der Waals surface area contributed by atoms with Crippen molar-refractivity contribution < 1.29 is 4.52 Å². The number of likely N-dealkylation sites (tertiary alicyclic amines) is 1. The highest BCUT2D eigenvalue weighted by Gasteiger charge is 2.22. The maximum atomic E-state index is 5.06. The Morgan fingerprint density at radius 2 is 2.21 bits per heavy atom. The van der Waals surface area contributed by atoms with E-state index in [1.807, 2.05) is 6.92 Å². The summed E-state index contributed by atoms with van der Waals surface area (Å²) in [5.74, 6) is 1.41. The van der Waals surface area contributed by atoms with Crippen LogP contribution in [0.3, 0.4) is 0 Å². The van der Waals surface area contributed by atoms with Gasteiger partial charge >= 0.3 is 0 Å². The molecular formula is C17H27N5OS. The van der Waals surface area contributed by atoms with E-state index in [0.29, 0.717) is 11.9 Å². The molecule has 0 bridgehead atoms. The number of aryl methyl sites for hydroxylation is 1. The fraction of sp³-hybridized carbons (Fsp3) is 0.706. The van der Waals surface area contributed by atoms with Crippen molar-refractivity contribution in [3.63, 3.8) is 0 Å². The number of hydrogen-bond acceptors (Lipinski definition) is 7. The molecule has 1 atom stereocenters. The molecule has 24 heavy (non-hydrogen) atoms. The van der Waals surface area contributed by atoms with Crippen molar-refractivity contribution in [2.24, 2.45) is 0 Å². The van der Waals surface area contributed by atoms with Gasteiger partial charge in [0.25, 0.3) is 0 Å². The molecule has 2 aromatic heterocycles. The van der Waals surface area contributed by atoms with Gasteiger partial charge in [-0.2, -0.15) is 4.98 Å². The van der Waals surface area contributed by atoms with Crippen LogP contribution in [0.25, 0.3) is 0 Å². The molecule has 0 saturated carbocycles. The first-order valence-electron chi connectivity index (χ1n) is 8.60. The lowest BCUT2D eigenvalue weighted by atomic mass is 9.98. The minimum Gasteiger partial charge on any atom is -0.340 e. The summed E-state index contributed by atoms with van der Waals surface area (Å²) < 4.78 is 5.06. The molecule has 0 amide bonds. The largest absolute Gasteiger partial charge is 0.340 e. The molecule has 1 aliphatic heterocycles. The van der Waals surface area contributed by atoms with E-state index in [1.165, 1.54) is 17.8 Å². The first-order valence-corrected chi connectivity index (χ1v) is 9.48. The summed E-state index contributed by atoms with van der Waals surface area (Å²) in [6.07, 6.45) is 2.40. The summed E-state index contributed by atoms with van der Waals surface area (Å²) in [4.78, 5) is 11.5. The van der Waals surface area contributed by atoms with E-state index in [2.05, 4.69) is 46.5 Å². The molecule has 1 aliphatic rings. The zero-order chi connectivity index (χ0) is 17.2. The number of nitrogens with one attached hydrogen (secondary N) is 1. The number of rotatable bonds is 5. The highest BCUT2D eigenvalue weighted by atomic mass is 32.1. The quantitative estimate of drug-likeness (QED) is 0.895. The Labute approximate surface area is 147 Å². The van der Waals surface area contributed by atoms with Crippen LogP contribution >= 0.6 is 11.3 Å². The summed E-state index contributed by atoms with van der Waals surface area (Å²) in [7, 11) is 0. The lowest BCUT2D eigenvalue weighted by Crippen LogP contribution is -2.45. The molecule has 0 radical (unpaired) electrons. The summed E-state index contributed by atoms with van der Waals surface area (Å²) >= 11 is 1.76. The zero-order valence-electron chi connectivity index (χ0n) is 15.0. The third-order valence-electron chi connectivity index (χ3n) is 4.21. The second kappa shape index (κ2) is 7.29. The van der Waals surface area contributed by atoms with Gasteiger partial charge in [0.15, 0.2) is 5.82 Å². The monoisotopic (exact) mass is 349 g/mol. The summed E-state index contributed by atoms with van der Waals surface area (Å²) in [5.41, 5.74) is 1.28. The molecule has 1 N–H and O–H groups in total. The Hall–Kier alpha value is -1.31. The van der Waals surface area contributed by atoms with Crippen molar-refractivity contribution in [1.82, 2.24) is 25.3 Å². The van der Waals surface area contributed by atoms with Crippen molar-refractivity contribution >= 4 is 11.3 Å². The van der Waals surface area contributed by atoms with Crippen LogP contribution in [0.4, 0.5) is 0 Å². The average Bonchev–Trinajstić information content (AvgIpc) is 3.14. The average molecular weight is 350 g/mol. The summed E-state index contributed by atoms with van der Waals surface area (Å²) in [5, 5.41) is 11.0. The summed E-state index contributed by atoms with van der Waals surface area (Å²) in [6, 6.07) is 0.492. The third kappa shape index (κ3) is 4.62. The van der Waals surface area contributed by atoms with Crippen LogP contribution in [0.5, 0.6) is 0 Å². The van der Waals surface area contributed by atoms with Crippen molar-refractivity contribution in [1.29, 1.82) is 0 Å². The maximum Gasteiger partial charge on any atom is 0.223 e. The van der Waals surface area contributed by atoms with Gasteiger partial charge in [0.05, 0.1) is 17.2 Å². The van der Waals surface area contributed by atoms with Crippen molar-refractivity contribution in [3.05, 3.63) is 27.8 Å². The molecule has 0 unspecified atom stereocenters. The van der Waals surface area contributed by atoms with Crippen LogP contribution in [0.2, 0.25) is 0 Å². The molecule has 7 heteroatoms. The number of hydrogen-bond donors (Lipinski definition) is 1. The van der Waals surface area contributed by atoms with Crippen LogP contribution in [0.15, 0.2) is 9.90 Å². The van der Waals surface area contributed by atoms with E-state index >= 15 is 0 Å². The fourth-order valence-electron chi connectivity index (χ4n) is 2.95. The van der Waals surface area contributed by atoms with Gasteiger partial charge in [0.2, 0.25) is 5.89 Å². The second-order valence-electron chi connectivity index (χ2n) is 7.58. The molecule has 0 aromatic carbocycles. The first-order chi connectivity index (χ1) is 11.4. The highest BCUT2D eigenvalue weighted by Crippen LogP contribution is 2.25. The molecule has 1 saturated heterocycles. The number of piperidine rings is 1.